The van der Waals surface area contributed by atoms with Gasteiger partial charge in [0, 0.05) is 29.3 Å². The molecule has 0 aromatic carbocycles. The zero-order chi connectivity index (χ0) is 19.4. The van der Waals surface area contributed by atoms with Crippen molar-refractivity contribution in [1.29, 1.82) is 0 Å². The fourth-order valence-corrected chi connectivity index (χ4v) is 4.75. The van der Waals surface area contributed by atoms with Crippen LogP contribution in [0.25, 0.3) is 6.08 Å². The SMILES string of the molecule is CCOC(=O)c1c(NC(=O)/C=C/c2cccs2)sc2c1CCN(C(C)=O)C2. The highest BCUT2D eigenvalue weighted by molar-refractivity contribution is 7.17. The van der Waals surface area contributed by atoms with Crippen LogP contribution in [-0.2, 0) is 27.3 Å². The minimum Gasteiger partial charge on any atom is -0.462 e. The van der Waals surface area contributed by atoms with Gasteiger partial charge >= 0.3 is 5.97 Å². The quantitative estimate of drug-likeness (QED) is 0.611. The predicted octanol–water partition coefficient (Wildman–Crippen LogP) is 3.54. The third kappa shape index (κ3) is 4.45. The summed E-state index contributed by atoms with van der Waals surface area (Å²) in [6.45, 7) is 4.54. The van der Waals surface area contributed by atoms with Gasteiger partial charge in [-0.3, -0.25) is 9.59 Å². The number of thiophene rings is 2. The second kappa shape index (κ2) is 8.49. The first-order chi connectivity index (χ1) is 13.0. The molecule has 0 radical (unpaired) electrons. The van der Waals surface area contributed by atoms with Crippen LogP contribution in [0.5, 0.6) is 0 Å². The van der Waals surface area contributed by atoms with E-state index in [1.165, 1.54) is 35.7 Å². The van der Waals surface area contributed by atoms with Gasteiger partial charge in [0.15, 0.2) is 0 Å². The highest BCUT2D eigenvalue weighted by atomic mass is 32.1. The van der Waals surface area contributed by atoms with Gasteiger partial charge in [-0.2, -0.15) is 0 Å². The van der Waals surface area contributed by atoms with Crippen LogP contribution in [0.2, 0.25) is 0 Å². The minimum atomic E-state index is -0.441. The molecule has 1 N–H and O–H groups in total. The third-order valence-corrected chi connectivity index (χ3v) is 6.13. The van der Waals surface area contributed by atoms with E-state index in [2.05, 4.69) is 5.32 Å². The molecule has 0 saturated carbocycles. The average Bonchev–Trinajstić information content (AvgIpc) is 3.26. The van der Waals surface area contributed by atoms with E-state index < -0.39 is 5.97 Å². The van der Waals surface area contributed by atoms with Crippen molar-refractivity contribution in [2.45, 2.75) is 26.8 Å². The largest absolute Gasteiger partial charge is 0.462 e. The first-order valence-corrected chi connectivity index (χ1v) is 10.3. The van der Waals surface area contributed by atoms with E-state index in [1.54, 1.807) is 17.9 Å². The summed E-state index contributed by atoms with van der Waals surface area (Å²) < 4.78 is 5.19. The standard InChI is InChI=1S/C19H20N2O4S2/c1-3-25-19(24)17-14-8-9-21(12(2)22)11-15(14)27-18(17)20-16(23)7-6-13-5-4-10-26-13/h4-7,10H,3,8-9,11H2,1-2H3,(H,20,23)/b7-6+. The Bertz CT molecular complexity index is 884. The Morgan fingerprint density at radius 3 is 2.85 bits per heavy atom. The molecule has 2 aromatic rings. The van der Waals surface area contributed by atoms with Crippen molar-refractivity contribution >= 4 is 51.5 Å². The number of rotatable bonds is 5. The molecule has 3 rings (SSSR count). The third-order valence-electron chi connectivity index (χ3n) is 4.16. The topological polar surface area (TPSA) is 75.7 Å². The van der Waals surface area contributed by atoms with E-state index in [0.717, 1.165) is 15.3 Å². The number of fused-ring (bicyclic) bond motifs is 1. The lowest BCUT2D eigenvalue weighted by molar-refractivity contribution is -0.129. The van der Waals surface area contributed by atoms with Crippen molar-refractivity contribution in [2.75, 3.05) is 18.5 Å². The zero-order valence-corrected chi connectivity index (χ0v) is 16.7. The molecule has 0 bridgehead atoms. The lowest BCUT2D eigenvalue weighted by atomic mass is 10.0. The summed E-state index contributed by atoms with van der Waals surface area (Å²) in [7, 11) is 0. The summed E-state index contributed by atoms with van der Waals surface area (Å²) in [5, 5.41) is 5.22. The summed E-state index contributed by atoms with van der Waals surface area (Å²) in [6, 6.07) is 3.83. The van der Waals surface area contributed by atoms with Gasteiger partial charge in [-0.1, -0.05) is 6.07 Å². The monoisotopic (exact) mass is 404 g/mol. The van der Waals surface area contributed by atoms with Crippen LogP contribution in [0.15, 0.2) is 23.6 Å². The van der Waals surface area contributed by atoms with Gasteiger partial charge in [-0.05, 0) is 36.4 Å². The van der Waals surface area contributed by atoms with Gasteiger partial charge < -0.3 is 15.0 Å². The Balaban J connectivity index is 1.86. The average molecular weight is 405 g/mol. The van der Waals surface area contributed by atoms with Crippen LogP contribution in [0.3, 0.4) is 0 Å². The molecule has 6 nitrogen and oxygen atoms in total. The molecule has 0 fully saturated rings. The van der Waals surface area contributed by atoms with Crippen molar-refractivity contribution in [2.24, 2.45) is 0 Å². The van der Waals surface area contributed by atoms with Gasteiger partial charge in [0.1, 0.15) is 5.00 Å². The highest BCUT2D eigenvalue weighted by Gasteiger charge is 2.30. The predicted molar refractivity (Wildman–Crippen MR) is 107 cm³/mol. The van der Waals surface area contributed by atoms with Crippen molar-refractivity contribution in [3.8, 4) is 0 Å². The minimum absolute atomic E-state index is 0.00352. The van der Waals surface area contributed by atoms with Gasteiger partial charge in [-0.15, -0.1) is 22.7 Å². The van der Waals surface area contributed by atoms with Crippen LogP contribution < -0.4 is 5.32 Å². The lowest BCUT2D eigenvalue weighted by Gasteiger charge is -2.25. The molecule has 0 saturated heterocycles. The number of hydrogen-bond donors (Lipinski definition) is 1. The molecule has 1 aliphatic heterocycles. The lowest BCUT2D eigenvalue weighted by Crippen LogP contribution is -2.34. The Kier molecular flexibility index (Phi) is 6.08. The smallest absolute Gasteiger partial charge is 0.341 e. The van der Waals surface area contributed by atoms with Crippen LogP contribution in [0.4, 0.5) is 5.00 Å². The summed E-state index contributed by atoms with van der Waals surface area (Å²) in [4.78, 5) is 40.1. The van der Waals surface area contributed by atoms with Gasteiger partial charge in [0.2, 0.25) is 11.8 Å². The Morgan fingerprint density at radius 1 is 1.37 bits per heavy atom. The van der Waals surface area contributed by atoms with Gasteiger partial charge in [-0.25, -0.2) is 4.79 Å². The van der Waals surface area contributed by atoms with E-state index >= 15 is 0 Å². The highest BCUT2D eigenvalue weighted by Crippen LogP contribution is 2.37. The molecular weight excluding hydrogens is 384 g/mol. The maximum atomic E-state index is 12.5. The summed E-state index contributed by atoms with van der Waals surface area (Å²) in [5.41, 5.74) is 1.28. The van der Waals surface area contributed by atoms with Crippen LogP contribution in [0, 0.1) is 0 Å². The fourth-order valence-electron chi connectivity index (χ4n) is 2.88. The Morgan fingerprint density at radius 2 is 2.19 bits per heavy atom. The van der Waals surface area contributed by atoms with Crippen molar-refractivity contribution in [1.82, 2.24) is 4.90 Å². The Hall–Kier alpha value is -2.45. The maximum absolute atomic E-state index is 12.5. The molecule has 8 heteroatoms. The number of carbonyl (C=O) groups excluding carboxylic acids is 3. The molecule has 1 aliphatic rings. The number of nitrogens with zero attached hydrogens (tertiary/aromatic N) is 1. The number of carbonyl (C=O) groups is 3. The Labute approximate surface area is 165 Å². The molecule has 0 unspecified atom stereocenters. The molecule has 0 atom stereocenters. The zero-order valence-electron chi connectivity index (χ0n) is 15.1. The number of esters is 1. The van der Waals surface area contributed by atoms with Crippen molar-refractivity contribution in [3.05, 3.63) is 44.5 Å². The van der Waals surface area contributed by atoms with Crippen LogP contribution >= 0.6 is 22.7 Å². The van der Waals surface area contributed by atoms with E-state index in [1.807, 2.05) is 17.5 Å². The molecule has 27 heavy (non-hydrogen) atoms. The number of anilines is 1. The van der Waals surface area contributed by atoms with E-state index in [9.17, 15) is 14.4 Å². The first-order valence-electron chi connectivity index (χ1n) is 8.59. The summed E-state index contributed by atoms with van der Waals surface area (Å²) >= 11 is 2.87. The number of amides is 2. The molecule has 0 aliphatic carbocycles. The number of nitrogens with one attached hydrogen (secondary N) is 1. The van der Waals surface area contributed by atoms with E-state index in [4.69, 9.17) is 4.74 Å². The summed E-state index contributed by atoms with van der Waals surface area (Å²) in [6.07, 6.45) is 3.75. The normalized spacial score (nSPS) is 13.5. The van der Waals surface area contributed by atoms with Crippen molar-refractivity contribution < 1.29 is 19.1 Å². The molecular formula is C19H20N2O4S2. The molecule has 142 valence electrons. The van der Waals surface area contributed by atoms with Gasteiger partial charge in [0.25, 0.3) is 0 Å². The number of hydrogen-bond acceptors (Lipinski definition) is 6. The molecule has 2 aromatic heterocycles. The first kappa shape index (κ1) is 19.3. The molecule has 2 amide bonds. The second-order valence-corrected chi connectivity index (χ2v) is 8.04. The van der Waals surface area contributed by atoms with Crippen LogP contribution in [-0.4, -0.2) is 35.8 Å². The maximum Gasteiger partial charge on any atom is 0.341 e. The fraction of sp³-hybridized carbons (Fsp3) is 0.316. The number of ether oxygens (including phenoxy) is 1. The second-order valence-electron chi connectivity index (χ2n) is 5.96. The van der Waals surface area contributed by atoms with E-state index in [0.29, 0.717) is 30.1 Å². The molecule has 3 heterocycles. The summed E-state index contributed by atoms with van der Waals surface area (Å²) in [5.74, 6) is -0.754. The van der Waals surface area contributed by atoms with E-state index in [-0.39, 0.29) is 18.4 Å². The van der Waals surface area contributed by atoms with Gasteiger partial charge in [0.05, 0.1) is 18.7 Å². The van der Waals surface area contributed by atoms with Crippen molar-refractivity contribution in [3.63, 3.8) is 0 Å². The van der Waals surface area contributed by atoms with Crippen LogP contribution in [0.1, 0.15) is 39.5 Å². The molecule has 0 spiro atoms.